The summed E-state index contributed by atoms with van der Waals surface area (Å²) in [6.45, 7) is 5.81. The molecule has 1 aliphatic carbocycles. The summed E-state index contributed by atoms with van der Waals surface area (Å²) >= 11 is 3.66. The molecule has 1 heterocycles. The van der Waals surface area contributed by atoms with Crippen LogP contribution < -0.4 is 0 Å². The predicted octanol–water partition coefficient (Wildman–Crippen LogP) is 3.18. The van der Waals surface area contributed by atoms with Crippen LogP contribution >= 0.6 is 15.9 Å². The summed E-state index contributed by atoms with van der Waals surface area (Å²) in [5, 5.41) is 10.9. The van der Waals surface area contributed by atoms with Crippen LogP contribution in [0.2, 0.25) is 0 Å². The Morgan fingerprint density at radius 1 is 1.21 bits per heavy atom. The van der Waals surface area contributed by atoms with E-state index in [1.807, 2.05) is 0 Å². The van der Waals surface area contributed by atoms with Gasteiger partial charge in [0.25, 0.3) is 0 Å². The number of piperidine rings is 1. The quantitative estimate of drug-likeness (QED) is 0.385. The first kappa shape index (κ1) is 14.4. The van der Waals surface area contributed by atoms with Crippen molar-refractivity contribution in [1.29, 1.82) is 5.26 Å². The minimum absolute atomic E-state index is 0. The number of nitrogens with zero attached hydrogens (tertiary/aromatic N) is 2. The Balaban J connectivity index is 0.000000531. The van der Waals surface area contributed by atoms with Gasteiger partial charge in [-0.1, -0.05) is 47.5 Å². The number of hydrogen-bond donors (Lipinski definition) is 0. The van der Waals surface area contributed by atoms with Gasteiger partial charge in [-0.25, -0.2) is 0 Å². The van der Waals surface area contributed by atoms with E-state index in [0.29, 0.717) is 4.83 Å². The smallest absolute Gasteiger partial charge is 0.658 e. The zero-order valence-corrected chi connectivity index (χ0v) is 10.6. The van der Waals surface area contributed by atoms with Gasteiger partial charge >= 0.3 is 17.1 Å². The van der Waals surface area contributed by atoms with Crippen molar-refractivity contribution in [3.05, 3.63) is 11.9 Å². The van der Waals surface area contributed by atoms with Gasteiger partial charge in [-0.05, 0) is 11.2 Å². The summed E-state index contributed by atoms with van der Waals surface area (Å²) in [7, 11) is 0. The van der Waals surface area contributed by atoms with E-state index in [1.165, 1.54) is 32.1 Å². The van der Waals surface area contributed by atoms with Gasteiger partial charge in [0, 0.05) is 0 Å². The molecular weight excluding hydrogens is 292 g/mol. The molecule has 4 heteroatoms. The normalized spacial score (nSPS) is 35.5. The Labute approximate surface area is 105 Å². The Bertz CT molecular complexity index is 175. The van der Waals surface area contributed by atoms with Gasteiger partial charge in [-0.15, -0.1) is 12.6 Å². The first-order valence-corrected chi connectivity index (χ1v) is 5.81. The standard InChI is InChI=1S/C9H15BrN.CN.Cu/c10-8-5-7-3-1-2-4-9(7)11-6-8;1-2;/h7-9H,1-6H2;;/q2*-1;+2. The minimum atomic E-state index is 0. The molecular formula is C10H15BrCuN2. The van der Waals surface area contributed by atoms with E-state index >= 15 is 0 Å². The van der Waals surface area contributed by atoms with Crippen LogP contribution in [-0.4, -0.2) is 17.4 Å². The van der Waals surface area contributed by atoms with Crippen molar-refractivity contribution in [2.45, 2.75) is 43.0 Å². The van der Waals surface area contributed by atoms with Gasteiger partial charge in [0.1, 0.15) is 0 Å². The molecule has 1 saturated heterocycles. The van der Waals surface area contributed by atoms with E-state index in [0.717, 1.165) is 18.5 Å². The van der Waals surface area contributed by atoms with Crippen LogP contribution in [0.25, 0.3) is 5.32 Å². The summed E-state index contributed by atoms with van der Waals surface area (Å²) in [5.41, 5.74) is 0. The van der Waals surface area contributed by atoms with Crippen LogP contribution in [0.5, 0.6) is 0 Å². The van der Waals surface area contributed by atoms with Crippen LogP contribution in [-0.2, 0) is 17.1 Å². The fraction of sp³-hybridized carbons (Fsp3) is 0.900. The van der Waals surface area contributed by atoms with Crippen LogP contribution in [0.15, 0.2) is 0 Å². The zero-order valence-electron chi connectivity index (χ0n) is 8.05. The molecule has 1 aliphatic heterocycles. The van der Waals surface area contributed by atoms with Crippen molar-refractivity contribution in [2.24, 2.45) is 5.92 Å². The van der Waals surface area contributed by atoms with E-state index < -0.39 is 0 Å². The Hall–Kier alpha value is 0.449. The third kappa shape index (κ3) is 3.90. The topological polar surface area (TPSA) is 37.9 Å². The second-order valence-electron chi connectivity index (χ2n) is 3.81. The van der Waals surface area contributed by atoms with Gasteiger partial charge in [0.2, 0.25) is 0 Å². The largest absolute Gasteiger partial charge is 2.00 e. The van der Waals surface area contributed by atoms with Crippen molar-refractivity contribution in [1.82, 2.24) is 0 Å². The molecule has 3 unspecified atom stereocenters. The van der Waals surface area contributed by atoms with Crippen LogP contribution in [0.1, 0.15) is 32.1 Å². The molecule has 0 spiro atoms. The van der Waals surface area contributed by atoms with Gasteiger partial charge < -0.3 is 17.2 Å². The van der Waals surface area contributed by atoms with Crippen molar-refractivity contribution in [3.8, 4) is 0 Å². The summed E-state index contributed by atoms with van der Waals surface area (Å²) in [5.74, 6) is 0.918. The second-order valence-corrected chi connectivity index (χ2v) is 5.10. The summed E-state index contributed by atoms with van der Waals surface area (Å²) in [6.07, 6.45) is 7.02. The molecule has 0 N–H and O–H groups in total. The van der Waals surface area contributed by atoms with E-state index in [-0.39, 0.29) is 17.1 Å². The summed E-state index contributed by atoms with van der Waals surface area (Å²) in [4.78, 5) is 0.682. The van der Waals surface area contributed by atoms with Gasteiger partial charge in [-0.3, -0.25) is 0 Å². The van der Waals surface area contributed by atoms with E-state index in [4.69, 9.17) is 11.8 Å². The predicted molar refractivity (Wildman–Crippen MR) is 56.3 cm³/mol. The molecule has 2 nitrogen and oxygen atoms in total. The molecule has 0 aromatic carbocycles. The van der Waals surface area contributed by atoms with E-state index in [2.05, 4.69) is 21.2 Å². The summed E-state index contributed by atoms with van der Waals surface area (Å²) < 4.78 is 0. The number of rotatable bonds is 0. The maximum absolute atomic E-state index is 6.25. The molecule has 0 aromatic heterocycles. The molecule has 1 radical (unpaired) electrons. The molecule has 0 bridgehead atoms. The van der Waals surface area contributed by atoms with E-state index in [9.17, 15) is 0 Å². The van der Waals surface area contributed by atoms with Gasteiger partial charge in [0.05, 0.1) is 0 Å². The van der Waals surface area contributed by atoms with Crippen LogP contribution in [0.4, 0.5) is 0 Å². The fourth-order valence-corrected chi connectivity index (χ4v) is 3.00. The SMILES string of the molecule is BrC1C[N-]C2CCCCC2C1.[C-]#N.[Cu+2]. The average molecular weight is 307 g/mol. The van der Waals surface area contributed by atoms with Crippen molar-refractivity contribution < 1.29 is 17.1 Å². The second kappa shape index (κ2) is 7.70. The van der Waals surface area contributed by atoms with Crippen molar-refractivity contribution in [3.63, 3.8) is 0 Å². The van der Waals surface area contributed by atoms with Crippen LogP contribution in [0, 0.1) is 17.8 Å². The fourth-order valence-electron chi connectivity index (χ4n) is 2.36. The molecule has 83 valence electrons. The van der Waals surface area contributed by atoms with E-state index in [1.54, 1.807) is 0 Å². The van der Waals surface area contributed by atoms with Crippen molar-refractivity contribution >= 4 is 15.9 Å². The molecule has 0 aromatic rings. The number of halogens is 1. The Morgan fingerprint density at radius 2 is 1.86 bits per heavy atom. The van der Waals surface area contributed by atoms with Crippen LogP contribution in [0.3, 0.4) is 0 Å². The molecule has 2 rings (SSSR count). The number of alkyl halides is 1. The molecule has 14 heavy (non-hydrogen) atoms. The monoisotopic (exact) mass is 305 g/mol. The Kier molecular flexibility index (Phi) is 7.95. The maximum atomic E-state index is 6.25. The molecule has 3 atom stereocenters. The molecule has 2 aliphatic rings. The van der Waals surface area contributed by atoms with Crippen molar-refractivity contribution in [2.75, 3.05) is 6.54 Å². The number of hydrogen-bond acceptors (Lipinski definition) is 1. The van der Waals surface area contributed by atoms with Gasteiger partial charge in [-0.2, -0.15) is 0 Å². The maximum Gasteiger partial charge on any atom is 2.00 e. The first-order valence-electron chi connectivity index (χ1n) is 4.89. The molecule has 1 saturated carbocycles. The first-order chi connectivity index (χ1) is 6.36. The third-order valence-corrected chi connectivity index (χ3v) is 3.63. The zero-order chi connectivity index (χ0) is 9.68. The molecule has 2 fully saturated rings. The third-order valence-electron chi connectivity index (χ3n) is 2.97. The average Bonchev–Trinajstić information content (AvgIpc) is 2.21. The van der Waals surface area contributed by atoms with Gasteiger partial charge in [0.15, 0.2) is 0 Å². The summed E-state index contributed by atoms with van der Waals surface area (Å²) in [6, 6.07) is 0.734. The number of fused-ring (bicyclic) bond motifs is 1. The Morgan fingerprint density at radius 3 is 2.57 bits per heavy atom. The molecule has 0 amide bonds. The minimum Gasteiger partial charge on any atom is -0.658 e.